The van der Waals surface area contributed by atoms with Gasteiger partial charge in [0.25, 0.3) is 5.91 Å². The molecule has 0 fully saturated rings. The number of rotatable bonds is 6. The van der Waals surface area contributed by atoms with Gasteiger partial charge in [0.2, 0.25) is 0 Å². The van der Waals surface area contributed by atoms with Crippen molar-refractivity contribution in [1.29, 1.82) is 0 Å². The Bertz CT molecular complexity index is 955. The van der Waals surface area contributed by atoms with E-state index in [0.717, 1.165) is 29.0 Å². The number of carbonyl (C=O) groups is 1. The van der Waals surface area contributed by atoms with E-state index in [1.54, 1.807) is 43.5 Å². The van der Waals surface area contributed by atoms with E-state index in [0.29, 0.717) is 26.5 Å². The highest BCUT2D eigenvalue weighted by atomic mass is 35.5. The van der Waals surface area contributed by atoms with Crippen LogP contribution in [0.2, 0.25) is 10.0 Å². The van der Waals surface area contributed by atoms with Crippen molar-refractivity contribution in [2.75, 3.05) is 12.4 Å². The Morgan fingerprint density at radius 2 is 1.93 bits per heavy atom. The smallest absolute Gasteiger partial charge is 0.257 e. The van der Waals surface area contributed by atoms with Crippen molar-refractivity contribution in [2.45, 2.75) is 19.8 Å². The fourth-order valence-electron chi connectivity index (χ4n) is 2.61. The molecule has 0 aliphatic carbocycles. The fourth-order valence-corrected chi connectivity index (χ4v) is 4.18. The Morgan fingerprint density at radius 3 is 2.56 bits per heavy atom. The van der Waals surface area contributed by atoms with Crippen LogP contribution in [0.1, 0.15) is 28.6 Å². The molecule has 140 valence electrons. The van der Waals surface area contributed by atoms with Crippen molar-refractivity contribution >= 4 is 45.6 Å². The van der Waals surface area contributed by atoms with Crippen molar-refractivity contribution in [1.82, 2.24) is 4.98 Å². The Kier molecular flexibility index (Phi) is 6.37. The predicted molar refractivity (Wildman–Crippen MR) is 113 cm³/mol. The number of carbonyl (C=O) groups excluding carboxylic acids is 1. The summed E-state index contributed by atoms with van der Waals surface area (Å²) in [6.07, 6.45) is 1.82. The van der Waals surface area contributed by atoms with Crippen LogP contribution in [-0.4, -0.2) is 18.0 Å². The van der Waals surface area contributed by atoms with Crippen LogP contribution in [0.4, 0.5) is 5.13 Å². The van der Waals surface area contributed by atoms with Crippen molar-refractivity contribution in [3.05, 3.63) is 63.0 Å². The van der Waals surface area contributed by atoms with Gasteiger partial charge in [-0.2, -0.15) is 0 Å². The van der Waals surface area contributed by atoms with Crippen LogP contribution in [0.25, 0.3) is 11.3 Å². The minimum Gasteiger partial charge on any atom is -0.497 e. The molecule has 0 aliphatic heterocycles. The number of thiazole rings is 1. The molecule has 0 atom stereocenters. The Balaban J connectivity index is 1.88. The molecule has 1 heterocycles. The monoisotopic (exact) mass is 420 g/mol. The van der Waals surface area contributed by atoms with Gasteiger partial charge >= 0.3 is 0 Å². The Labute approximate surface area is 172 Å². The molecule has 0 spiro atoms. The number of anilines is 1. The van der Waals surface area contributed by atoms with E-state index in [-0.39, 0.29) is 5.91 Å². The highest BCUT2D eigenvalue weighted by Gasteiger charge is 2.17. The average molecular weight is 421 g/mol. The van der Waals surface area contributed by atoms with Crippen LogP contribution in [0.15, 0.2) is 42.5 Å². The molecule has 27 heavy (non-hydrogen) atoms. The Morgan fingerprint density at radius 1 is 1.19 bits per heavy atom. The van der Waals surface area contributed by atoms with E-state index < -0.39 is 0 Å². The first kappa shape index (κ1) is 19.7. The number of benzene rings is 2. The summed E-state index contributed by atoms with van der Waals surface area (Å²) < 4.78 is 5.12. The van der Waals surface area contributed by atoms with Crippen LogP contribution in [0.5, 0.6) is 5.75 Å². The number of nitrogens with one attached hydrogen (secondary N) is 1. The summed E-state index contributed by atoms with van der Waals surface area (Å²) in [5, 5.41) is 4.53. The van der Waals surface area contributed by atoms with Gasteiger partial charge in [-0.25, -0.2) is 4.98 Å². The standard InChI is InChI=1S/C20H18Cl2N2O2S/c1-3-4-17-18(15-10-7-13(21)11-16(15)22)23-20(27-17)24-19(25)12-5-8-14(26-2)9-6-12/h5-11H,3-4H2,1-2H3,(H,23,24,25). The number of aryl methyl sites for hydroxylation is 1. The third kappa shape index (κ3) is 4.61. The number of hydrogen-bond donors (Lipinski definition) is 1. The Hall–Kier alpha value is -2.08. The highest BCUT2D eigenvalue weighted by molar-refractivity contribution is 7.16. The topological polar surface area (TPSA) is 51.2 Å². The minimum atomic E-state index is -0.219. The molecule has 0 bridgehead atoms. The van der Waals surface area contributed by atoms with Gasteiger partial charge in [-0.3, -0.25) is 10.1 Å². The molecular weight excluding hydrogens is 403 g/mol. The van der Waals surface area contributed by atoms with E-state index >= 15 is 0 Å². The summed E-state index contributed by atoms with van der Waals surface area (Å²) in [6.45, 7) is 2.10. The molecule has 1 amide bonds. The first-order valence-electron chi connectivity index (χ1n) is 8.42. The van der Waals surface area contributed by atoms with E-state index in [9.17, 15) is 4.79 Å². The van der Waals surface area contributed by atoms with Gasteiger partial charge in [0.1, 0.15) is 5.75 Å². The first-order valence-corrected chi connectivity index (χ1v) is 9.99. The van der Waals surface area contributed by atoms with Gasteiger partial charge in [0.05, 0.1) is 17.8 Å². The zero-order chi connectivity index (χ0) is 19.4. The van der Waals surface area contributed by atoms with E-state index in [4.69, 9.17) is 27.9 Å². The first-order chi connectivity index (χ1) is 13.0. The van der Waals surface area contributed by atoms with Crippen LogP contribution < -0.4 is 10.1 Å². The normalized spacial score (nSPS) is 10.7. The van der Waals surface area contributed by atoms with Crippen molar-refractivity contribution in [3.63, 3.8) is 0 Å². The summed E-state index contributed by atoms with van der Waals surface area (Å²) in [4.78, 5) is 18.2. The maximum absolute atomic E-state index is 12.5. The number of nitrogens with zero attached hydrogens (tertiary/aromatic N) is 1. The third-order valence-corrected chi connectivity index (χ3v) is 5.51. The fraction of sp³-hybridized carbons (Fsp3) is 0.200. The van der Waals surface area contributed by atoms with E-state index in [1.807, 2.05) is 6.07 Å². The lowest BCUT2D eigenvalue weighted by atomic mass is 10.1. The third-order valence-electron chi connectivity index (χ3n) is 3.93. The second-order valence-electron chi connectivity index (χ2n) is 5.85. The van der Waals surface area contributed by atoms with E-state index in [1.165, 1.54) is 11.3 Å². The molecule has 3 aromatic rings. The molecule has 0 aliphatic rings. The molecule has 0 saturated heterocycles. The number of aromatic nitrogens is 1. The van der Waals surface area contributed by atoms with Gasteiger partial charge in [0, 0.05) is 21.0 Å². The van der Waals surface area contributed by atoms with Gasteiger partial charge < -0.3 is 4.74 Å². The summed E-state index contributed by atoms with van der Waals surface area (Å²) in [6, 6.07) is 12.3. The lowest BCUT2D eigenvalue weighted by molar-refractivity contribution is 0.102. The zero-order valence-corrected chi connectivity index (χ0v) is 17.2. The molecule has 1 N–H and O–H groups in total. The largest absolute Gasteiger partial charge is 0.497 e. The summed E-state index contributed by atoms with van der Waals surface area (Å²) >= 11 is 13.8. The number of hydrogen-bond acceptors (Lipinski definition) is 4. The van der Waals surface area contributed by atoms with Crippen molar-refractivity contribution < 1.29 is 9.53 Å². The molecular formula is C20H18Cl2N2O2S. The van der Waals surface area contributed by atoms with Crippen molar-refractivity contribution in [3.8, 4) is 17.0 Å². The predicted octanol–water partition coefficient (Wildman–Crippen LogP) is 6.33. The molecule has 3 rings (SSSR count). The molecule has 0 saturated carbocycles. The molecule has 0 radical (unpaired) electrons. The summed E-state index contributed by atoms with van der Waals surface area (Å²) in [7, 11) is 1.59. The second-order valence-corrected chi connectivity index (χ2v) is 7.77. The molecule has 2 aromatic carbocycles. The van der Waals surface area contributed by atoms with Crippen LogP contribution >= 0.6 is 34.5 Å². The molecule has 0 unspecified atom stereocenters. The van der Waals surface area contributed by atoms with Crippen LogP contribution in [0.3, 0.4) is 0 Å². The number of methoxy groups -OCH3 is 1. The second kappa shape index (κ2) is 8.74. The maximum Gasteiger partial charge on any atom is 0.257 e. The number of amides is 1. The van der Waals surface area contributed by atoms with Gasteiger partial charge in [0.15, 0.2) is 5.13 Å². The number of halogens is 2. The quantitative estimate of drug-likeness (QED) is 0.506. The van der Waals surface area contributed by atoms with Gasteiger partial charge in [-0.15, -0.1) is 11.3 Å². The average Bonchev–Trinajstić information content (AvgIpc) is 3.04. The zero-order valence-electron chi connectivity index (χ0n) is 14.9. The summed E-state index contributed by atoms with van der Waals surface area (Å²) in [5.74, 6) is 0.480. The maximum atomic E-state index is 12.5. The van der Waals surface area contributed by atoms with E-state index in [2.05, 4.69) is 17.2 Å². The molecule has 4 nitrogen and oxygen atoms in total. The van der Waals surface area contributed by atoms with Gasteiger partial charge in [-0.1, -0.05) is 36.5 Å². The SMILES string of the molecule is CCCc1sc(NC(=O)c2ccc(OC)cc2)nc1-c1ccc(Cl)cc1Cl. The number of ether oxygens (including phenoxy) is 1. The van der Waals surface area contributed by atoms with Crippen LogP contribution in [-0.2, 0) is 6.42 Å². The lowest BCUT2D eigenvalue weighted by Gasteiger charge is -2.04. The van der Waals surface area contributed by atoms with Crippen molar-refractivity contribution in [2.24, 2.45) is 0 Å². The lowest BCUT2D eigenvalue weighted by Crippen LogP contribution is -2.11. The molecule has 1 aromatic heterocycles. The summed E-state index contributed by atoms with van der Waals surface area (Å²) in [5.41, 5.74) is 2.13. The molecule has 7 heteroatoms. The minimum absolute atomic E-state index is 0.219. The van der Waals surface area contributed by atoms with Gasteiger partial charge in [-0.05, 0) is 48.9 Å². The van der Waals surface area contributed by atoms with Crippen LogP contribution in [0, 0.1) is 0 Å². The highest BCUT2D eigenvalue weighted by Crippen LogP contribution is 2.37.